The molecule has 2 rings (SSSR count). The van der Waals surface area contributed by atoms with Crippen molar-refractivity contribution < 1.29 is 9.90 Å². The molecular formula is C11H16N2O2S. The second-order valence-corrected chi connectivity index (χ2v) is 5.31. The average molecular weight is 240 g/mol. The van der Waals surface area contributed by atoms with Crippen LogP contribution in [-0.4, -0.2) is 40.1 Å². The number of carbonyl (C=O) groups is 1. The van der Waals surface area contributed by atoms with Gasteiger partial charge in [-0.05, 0) is 26.2 Å². The average Bonchev–Trinajstić information content (AvgIpc) is 2.75. The Kier molecular flexibility index (Phi) is 3.56. The molecular weight excluding hydrogens is 224 g/mol. The topological polar surface area (TPSA) is 53.4 Å². The summed E-state index contributed by atoms with van der Waals surface area (Å²) in [5.74, 6) is 0.0179. The maximum Gasteiger partial charge on any atom is 0.265 e. The molecule has 1 aliphatic heterocycles. The highest BCUT2D eigenvalue weighted by molar-refractivity contribution is 7.13. The van der Waals surface area contributed by atoms with Crippen LogP contribution in [0, 0.1) is 6.92 Å². The van der Waals surface area contributed by atoms with Gasteiger partial charge in [0.15, 0.2) is 0 Å². The van der Waals surface area contributed by atoms with E-state index in [-0.39, 0.29) is 18.6 Å². The van der Waals surface area contributed by atoms with E-state index in [0.717, 1.165) is 30.8 Å². The van der Waals surface area contributed by atoms with Crippen molar-refractivity contribution in [2.45, 2.75) is 32.2 Å². The Labute approximate surface area is 98.9 Å². The molecule has 2 heterocycles. The van der Waals surface area contributed by atoms with Gasteiger partial charge in [0.2, 0.25) is 0 Å². The number of hydrogen-bond acceptors (Lipinski definition) is 4. The summed E-state index contributed by atoms with van der Waals surface area (Å²) in [6.07, 6.45) is 4.65. The Hall–Kier alpha value is -0.940. The van der Waals surface area contributed by atoms with Crippen molar-refractivity contribution in [2.24, 2.45) is 0 Å². The van der Waals surface area contributed by atoms with Gasteiger partial charge in [0.1, 0.15) is 4.88 Å². The molecule has 1 saturated heterocycles. The molecule has 1 unspecified atom stereocenters. The van der Waals surface area contributed by atoms with Crippen molar-refractivity contribution in [3.8, 4) is 0 Å². The number of carbonyl (C=O) groups excluding carboxylic acids is 1. The van der Waals surface area contributed by atoms with Crippen LogP contribution in [-0.2, 0) is 0 Å². The molecule has 88 valence electrons. The minimum Gasteiger partial charge on any atom is -0.394 e. The highest BCUT2D eigenvalue weighted by Crippen LogP contribution is 2.21. The summed E-state index contributed by atoms with van der Waals surface area (Å²) in [7, 11) is 0. The summed E-state index contributed by atoms with van der Waals surface area (Å²) < 4.78 is 0. The molecule has 0 aromatic carbocycles. The van der Waals surface area contributed by atoms with E-state index in [9.17, 15) is 9.90 Å². The van der Waals surface area contributed by atoms with Gasteiger partial charge in [-0.15, -0.1) is 11.3 Å². The molecule has 1 aliphatic rings. The van der Waals surface area contributed by atoms with Gasteiger partial charge in [0, 0.05) is 6.54 Å². The molecule has 4 nitrogen and oxygen atoms in total. The quantitative estimate of drug-likeness (QED) is 0.851. The molecule has 1 fully saturated rings. The summed E-state index contributed by atoms with van der Waals surface area (Å²) in [6, 6.07) is -0.0105. The highest BCUT2D eigenvalue weighted by atomic mass is 32.1. The van der Waals surface area contributed by atoms with Gasteiger partial charge in [-0.2, -0.15) is 0 Å². The third-order valence-corrected chi connectivity index (χ3v) is 3.83. The van der Waals surface area contributed by atoms with Crippen molar-refractivity contribution in [1.29, 1.82) is 0 Å². The monoisotopic (exact) mass is 240 g/mol. The van der Waals surface area contributed by atoms with Crippen LogP contribution in [0.3, 0.4) is 0 Å². The fraction of sp³-hybridized carbons (Fsp3) is 0.636. The molecule has 0 saturated carbocycles. The van der Waals surface area contributed by atoms with Crippen LogP contribution in [0.4, 0.5) is 0 Å². The standard InChI is InChI=1S/C11H16N2O2S/c1-8-12-6-10(16-8)11(15)13-5-3-2-4-9(13)7-14/h6,9,14H,2-5,7H2,1H3. The summed E-state index contributed by atoms with van der Waals surface area (Å²) >= 11 is 1.42. The Morgan fingerprint density at radius 3 is 3.12 bits per heavy atom. The van der Waals surface area contributed by atoms with Crippen LogP contribution in [0.5, 0.6) is 0 Å². The second-order valence-electron chi connectivity index (χ2n) is 4.07. The third-order valence-electron chi connectivity index (χ3n) is 2.93. The number of aliphatic hydroxyl groups excluding tert-OH is 1. The van der Waals surface area contributed by atoms with E-state index in [1.165, 1.54) is 11.3 Å². The number of thiazole rings is 1. The van der Waals surface area contributed by atoms with Gasteiger partial charge < -0.3 is 10.0 Å². The van der Waals surface area contributed by atoms with Crippen LogP contribution in [0.25, 0.3) is 0 Å². The van der Waals surface area contributed by atoms with Crippen molar-refractivity contribution in [3.05, 3.63) is 16.1 Å². The molecule has 0 aliphatic carbocycles. The Bertz CT molecular complexity index is 378. The van der Waals surface area contributed by atoms with Crippen LogP contribution in [0.1, 0.15) is 33.9 Å². The van der Waals surface area contributed by atoms with Crippen LogP contribution < -0.4 is 0 Å². The number of aromatic nitrogens is 1. The predicted molar refractivity (Wildman–Crippen MR) is 62.6 cm³/mol. The Morgan fingerprint density at radius 1 is 1.69 bits per heavy atom. The summed E-state index contributed by atoms with van der Waals surface area (Å²) in [5, 5.41) is 10.2. The molecule has 1 atom stereocenters. The van der Waals surface area contributed by atoms with Crippen LogP contribution >= 0.6 is 11.3 Å². The number of aryl methyl sites for hydroxylation is 1. The lowest BCUT2D eigenvalue weighted by Crippen LogP contribution is -2.45. The number of likely N-dealkylation sites (tertiary alicyclic amines) is 1. The highest BCUT2D eigenvalue weighted by Gasteiger charge is 2.27. The van der Waals surface area contributed by atoms with Crippen molar-refractivity contribution in [3.63, 3.8) is 0 Å². The van der Waals surface area contributed by atoms with Crippen molar-refractivity contribution in [1.82, 2.24) is 9.88 Å². The predicted octanol–water partition coefficient (Wildman–Crippen LogP) is 1.44. The number of nitrogens with zero attached hydrogens (tertiary/aromatic N) is 2. The van der Waals surface area contributed by atoms with E-state index in [0.29, 0.717) is 4.88 Å². The van der Waals surface area contributed by atoms with Crippen molar-refractivity contribution >= 4 is 17.2 Å². The minimum atomic E-state index is -0.0105. The zero-order valence-corrected chi connectivity index (χ0v) is 10.2. The first kappa shape index (κ1) is 11.5. The van der Waals surface area contributed by atoms with Gasteiger partial charge >= 0.3 is 0 Å². The summed E-state index contributed by atoms with van der Waals surface area (Å²) in [4.78, 5) is 18.7. The molecule has 1 aromatic rings. The lowest BCUT2D eigenvalue weighted by molar-refractivity contribution is 0.0507. The third kappa shape index (κ3) is 2.25. The first-order chi connectivity index (χ1) is 7.72. The number of piperidine rings is 1. The lowest BCUT2D eigenvalue weighted by Gasteiger charge is -2.34. The van der Waals surface area contributed by atoms with E-state index < -0.39 is 0 Å². The van der Waals surface area contributed by atoms with E-state index in [4.69, 9.17) is 0 Å². The van der Waals surface area contributed by atoms with Gasteiger partial charge in [0.25, 0.3) is 5.91 Å². The second kappa shape index (κ2) is 4.93. The molecule has 0 spiro atoms. The number of rotatable bonds is 2. The number of hydrogen-bond donors (Lipinski definition) is 1. The van der Waals surface area contributed by atoms with E-state index in [1.54, 1.807) is 11.1 Å². The zero-order valence-electron chi connectivity index (χ0n) is 9.35. The van der Waals surface area contributed by atoms with Crippen LogP contribution in [0.15, 0.2) is 6.20 Å². The van der Waals surface area contributed by atoms with Gasteiger partial charge in [-0.25, -0.2) is 4.98 Å². The minimum absolute atomic E-state index is 0.0105. The Balaban J connectivity index is 2.13. The fourth-order valence-corrected chi connectivity index (χ4v) is 2.79. The molecule has 1 amide bonds. The van der Waals surface area contributed by atoms with Gasteiger partial charge in [0.05, 0.1) is 23.9 Å². The van der Waals surface area contributed by atoms with Crippen LogP contribution in [0.2, 0.25) is 0 Å². The SMILES string of the molecule is Cc1ncc(C(=O)N2CCCCC2CO)s1. The molecule has 16 heavy (non-hydrogen) atoms. The van der Waals surface area contributed by atoms with Gasteiger partial charge in [-0.3, -0.25) is 4.79 Å². The van der Waals surface area contributed by atoms with Crippen molar-refractivity contribution in [2.75, 3.05) is 13.2 Å². The Morgan fingerprint density at radius 2 is 2.50 bits per heavy atom. The largest absolute Gasteiger partial charge is 0.394 e. The number of amides is 1. The normalized spacial score (nSPS) is 21.1. The molecule has 1 N–H and O–H groups in total. The molecule has 0 bridgehead atoms. The first-order valence-electron chi connectivity index (χ1n) is 5.56. The molecule has 0 radical (unpaired) electrons. The van der Waals surface area contributed by atoms with E-state index >= 15 is 0 Å². The van der Waals surface area contributed by atoms with E-state index in [1.807, 2.05) is 6.92 Å². The van der Waals surface area contributed by atoms with Gasteiger partial charge in [-0.1, -0.05) is 0 Å². The fourth-order valence-electron chi connectivity index (χ4n) is 2.06. The maximum atomic E-state index is 12.2. The molecule has 5 heteroatoms. The first-order valence-corrected chi connectivity index (χ1v) is 6.38. The summed E-state index contributed by atoms with van der Waals surface area (Å²) in [5.41, 5.74) is 0. The lowest BCUT2D eigenvalue weighted by atomic mass is 10.0. The zero-order chi connectivity index (χ0) is 11.5. The van der Waals surface area contributed by atoms with E-state index in [2.05, 4.69) is 4.98 Å². The smallest absolute Gasteiger partial charge is 0.265 e. The summed E-state index contributed by atoms with van der Waals surface area (Å²) in [6.45, 7) is 2.70. The number of aliphatic hydroxyl groups is 1. The molecule has 1 aromatic heterocycles. The maximum absolute atomic E-state index is 12.2.